The molecule has 0 aliphatic rings. The Balaban J connectivity index is 1.97. The fourth-order valence-electron chi connectivity index (χ4n) is 3.16. The first-order valence-electron chi connectivity index (χ1n) is 9.37. The molecule has 0 fully saturated rings. The van der Waals surface area contributed by atoms with Gasteiger partial charge in [0.05, 0.1) is 22.9 Å². The van der Waals surface area contributed by atoms with Gasteiger partial charge in [0.15, 0.2) is 11.6 Å². The minimum absolute atomic E-state index is 0.165. The molecule has 146 valence electrons. The highest BCUT2D eigenvalue weighted by molar-refractivity contribution is 5.94. The van der Waals surface area contributed by atoms with Gasteiger partial charge in [-0.25, -0.2) is 14.8 Å². The van der Waals surface area contributed by atoms with Crippen molar-refractivity contribution in [1.82, 2.24) is 9.97 Å². The van der Waals surface area contributed by atoms with Gasteiger partial charge in [-0.1, -0.05) is 30.3 Å². The maximum absolute atomic E-state index is 11.4. The molecule has 4 aromatic rings. The van der Waals surface area contributed by atoms with E-state index in [1.807, 2.05) is 48.3 Å². The SMILES string of the molecule is CC(C)N(C)c1nc2cc(C(=O)O)ccc2nc1-c1occc1-c1ccccc1. The highest BCUT2D eigenvalue weighted by Gasteiger charge is 2.22. The van der Waals surface area contributed by atoms with Crippen molar-refractivity contribution >= 4 is 22.8 Å². The molecule has 2 aromatic heterocycles. The lowest BCUT2D eigenvalue weighted by Gasteiger charge is -2.24. The second-order valence-corrected chi connectivity index (χ2v) is 7.14. The van der Waals surface area contributed by atoms with Crippen LogP contribution in [0.1, 0.15) is 24.2 Å². The molecule has 0 aliphatic carbocycles. The van der Waals surface area contributed by atoms with Crippen LogP contribution in [0.15, 0.2) is 65.3 Å². The van der Waals surface area contributed by atoms with E-state index in [2.05, 4.69) is 13.8 Å². The van der Waals surface area contributed by atoms with Crippen LogP contribution in [-0.2, 0) is 0 Å². The minimum Gasteiger partial charge on any atom is -0.478 e. The van der Waals surface area contributed by atoms with Gasteiger partial charge in [0.2, 0.25) is 0 Å². The van der Waals surface area contributed by atoms with Crippen molar-refractivity contribution in [3.63, 3.8) is 0 Å². The number of hydrogen-bond acceptors (Lipinski definition) is 5. The lowest BCUT2D eigenvalue weighted by Crippen LogP contribution is -2.27. The fraction of sp³-hybridized carbons (Fsp3) is 0.174. The molecule has 6 heteroatoms. The van der Waals surface area contributed by atoms with Crippen molar-refractivity contribution in [2.24, 2.45) is 0 Å². The summed E-state index contributed by atoms with van der Waals surface area (Å²) in [7, 11) is 1.94. The lowest BCUT2D eigenvalue weighted by molar-refractivity contribution is 0.0697. The van der Waals surface area contributed by atoms with Crippen LogP contribution in [0.25, 0.3) is 33.6 Å². The van der Waals surface area contributed by atoms with Gasteiger partial charge in [-0.3, -0.25) is 0 Å². The van der Waals surface area contributed by atoms with E-state index < -0.39 is 5.97 Å². The predicted octanol–water partition coefficient (Wildman–Crippen LogP) is 5.10. The Labute approximate surface area is 168 Å². The number of carboxylic acid groups (broad SMARTS) is 1. The summed E-state index contributed by atoms with van der Waals surface area (Å²) in [6.45, 7) is 4.12. The Hall–Kier alpha value is -3.67. The van der Waals surface area contributed by atoms with Gasteiger partial charge in [0.25, 0.3) is 0 Å². The van der Waals surface area contributed by atoms with Crippen molar-refractivity contribution in [2.75, 3.05) is 11.9 Å². The first kappa shape index (κ1) is 18.7. The number of carboxylic acids is 1. The number of benzene rings is 2. The smallest absolute Gasteiger partial charge is 0.335 e. The molecule has 29 heavy (non-hydrogen) atoms. The third-order valence-corrected chi connectivity index (χ3v) is 4.97. The van der Waals surface area contributed by atoms with E-state index in [1.165, 1.54) is 6.07 Å². The molecular formula is C23H21N3O3. The van der Waals surface area contributed by atoms with E-state index in [4.69, 9.17) is 14.4 Å². The summed E-state index contributed by atoms with van der Waals surface area (Å²) < 4.78 is 5.86. The van der Waals surface area contributed by atoms with E-state index in [-0.39, 0.29) is 11.6 Å². The molecule has 0 atom stereocenters. The number of aromatic carboxylic acids is 1. The maximum atomic E-state index is 11.4. The number of furan rings is 1. The maximum Gasteiger partial charge on any atom is 0.335 e. The molecule has 0 radical (unpaired) electrons. The van der Waals surface area contributed by atoms with Crippen molar-refractivity contribution in [3.05, 3.63) is 66.4 Å². The van der Waals surface area contributed by atoms with E-state index in [9.17, 15) is 9.90 Å². The van der Waals surface area contributed by atoms with E-state index in [1.54, 1.807) is 18.4 Å². The van der Waals surface area contributed by atoms with Crippen molar-refractivity contribution in [3.8, 4) is 22.6 Å². The predicted molar refractivity (Wildman–Crippen MR) is 113 cm³/mol. The molecule has 6 nitrogen and oxygen atoms in total. The highest BCUT2D eigenvalue weighted by Crippen LogP contribution is 2.37. The van der Waals surface area contributed by atoms with Crippen molar-refractivity contribution in [2.45, 2.75) is 19.9 Å². The largest absolute Gasteiger partial charge is 0.478 e. The summed E-state index contributed by atoms with van der Waals surface area (Å²) in [5.74, 6) is 0.284. The van der Waals surface area contributed by atoms with Crippen LogP contribution in [-0.4, -0.2) is 34.1 Å². The molecule has 0 amide bonds. The van der Waals surface area contributed by atoms with Crippen LogP contribution in [0, 0.1) is 0 Å². The molecule has 1 N–H and O–H groups in total. The zero-order valence-electron chi connectivity index (χ0n) is 16.5. The van der Waals surface area contributed by atoms with Gasteiger partial charge in [0, 0.05) is 18.7 Å². The van der Waals surface area contributed by atoms with Crippen LogP contribution in [0.5, 0.6) is 0 Å². The first-order valence-corrected chi connectivity index (χ1v) is 9.37. The second-order valence-electron chi connectivity index (χ2n) is 7.14. The van der Waals surface area contributed by atoms with Crippen LogP contribution in [0.2, 0.25) is 0 Å². The van der Waals surface area contributed by atoms with Gasteiger partial charge in [0.1, 0.15) is 5.69 Å². The van der Waals surface area contributed by atoms with Crippen molar-refractivity contribution in [1.29, 1.82) is 0 Å². The minimum atomic E-state index is -0.992. The summed E-state index contributed by atoms with van der Waals surface area (Å²) >= 11 is 0. The number of carbonyl (C=O) groups is 1. The van der Waals surface area contributed by atoms with Crippen LogP contribution in [0.4, 0.5) is 5.82 Å². The Kier molecular flexibility index (Phi) is 4.76. The molecule has 0 unspecified atom stereocenters. The van der Waals surface area contributed by atoms with Gasteiger partial charge in [-0.15, -0.1) is 0 Å². The quantitative estimate of drug-likeness (QED) is 0.513. The summed E-state index contributed by atoms with van der Waals surface area (Å²) in [6.07, 6.45) is 1.65. The Morgan fingerprint density at radius 2 is 1.79 bits per heavy atom. The summed E-state index contributed by atoms with van der Waals surface area (Å²) in [6, 6.07) is 16.8. The molecule has 2 heterocycles. The van der Waals surface area contributed by atoms with E-state index >= 15 is 0 Å². The molecule has 0 saturated heterocycles. The van der Waals surface area contributed by atoms with Gasteiger partial charge >= 0.3 is 5.97 Å². The normalized spacial score (nSPS) is 11.2. The third-order valence-electron chi connectivity index (χ3n) is 4.97. The zero-order valence-corrected chi connectivity index (χ0v) is 16.5. The summed E-state index contributed by atoms with van der Waals surface area (Å²) in [5.41, 5.74) is 3.91. The first-order chi connectivity index (χ1) is 14.0. The average molecular weight is 387 g/mol. The Morgan fingerprint density at radius 3 is 2.48 bits per heavy atom. The van der Waals surface area contributed by atoms with Crippen LogP contribution >= 0.6 is 0 Å². The molecule has 0 aliphatic heterocycles. The molecule has 4 rings (SSSR count). The molecule has 2 aromatic carbocycles. The van der Waals surface area contributed by atoms with E-state index in [0.29, 0.717) is 28.3 Å². The Morgan fingerprint density at radius 1 is 1.03 bits per heavy atom. The number of nitrogens with zero attached hydrogens (tertiary/aromatic N) is 3. The monoisotopic (exact) mass is 387 g/mol. The van der Waals surface area contributed by atoms with Gasteiger partial charge in [-0.05, 0) is 43.7 Å². The molecular weight excluding hydrogens is 366 g/mol. The van der Waals surface area contributed by atoms with Crippen LogP contribution < -0.4 is 4.90 Å². The zero-order chi connectivity index (χ0) is 20.5. The standard InChI is InChI=1S/C23H21N3O3/c1-14(2)26(3)22-20(21-17(11-12-29-21)15-7-5-4-6-8-15)24-18-10-9-16(23(27)28)13-19(18)25-22/h4-14H,1-3H3,(H,27,28). The molecule has 0 spiro atoms. The highest BCUT2D eigenvalue weighted by atomic mass is 16.4. The number of anilines is 1. The summed E-state index contributed by atoms with van der Waals surface area (Å²) in [4.78, 5) is 22.9. The summed E-state index contributed by atoms with van der Waals surface area (Å²) in [5, 5.41) is 9.30. The Bertz CT molecular complexity index is 1180. The van der Waals surface area contributed by atoms with E-state index in [0.717, 1.165) is 11.1 Å². The van der Waals surface area contributed by atoms with Crippen molar-refractivity contribution < 1.29 is 14.3 Å². The lowest BCUT2D eigenvalue weighted by atomic mass is 10.0. The van der Waals surface area contributed by atoms with Crippen LogP contribution in [0.3, 0.4) is 0 Å². The molecule has 0 bridgehead atoms. The fourth-order valence-corrected chi connectivity index (χ4v) is 3.16. The number of fused-ring (bicyclic) bond motifs is 1. The van der Waals surface area contributed by atoms with Gasteiger partial charge in [-0.2, -0.15) is 0 Å². The molecule has 0 saturated carbocycles. The number of aromatic nitrogens is 2. The number of hydrogen-bond donors (Lipinski definition) is 1. The topological polar surface area (TPSA) is 79.5 Å². The average Bonchev–Trinajstić information content (AvgIpc) is 3.22. The third kappa shape index (κ3) is 3.45. The van der Waals surface area contributed by atoms with Gasteiger partial charge < -0.3 is 14.4 Å². The second kappa shape index (κ2) is 7.39. The number of rotatable bonds is 5.